The molecule has 0 spiro atoms. The van der Waals surface area contributed by atoms with Crippen LogP contribution in [0, 0.1) is 6.92 Å². The topological polar surface area (TPSA) is 126 Å². The predicted molar refractivity (Wildman–Crippen MR) is 118 cm³/mol. The number of benzene rings is 2. The van der Waals surface area contributed by atoms with Crippen LogP contribution in [0.25, 0.3) is 0 Å². The normalized spacial score (nSPS) is 10.8. The molecule has 0 saturated carbocycles. The van der Waals surface area contributed by atoms with Gasteiger partial charge < -0.3 is 9.84 Å². The zero-order valence-electron chi connectivity index (χ0n) is 17.0. The number of hydrogen-bond donors (Lipinski definition) is 3. The highest BCUT2D eigenvalue weighted by atomic mass is 32.1. The predicted octanol–water partition coefficient (Wildman–Crippen LogP) is 2.90. The van der Waals surface area contributed by atoms with E-state index >= 15 is 0 Å². The first-order valence-corrected chi connectivity index (χ1v) is 10.2. The average molecular weight is 439 g/mol. The van der Waals surface area contributed by atoms with Gasteiger partial charge in [0.15, 0.2) is 11.5 Å². The molecule has 0 saturated heterocycles. The van der Waals surface area contributed by atoms with Crippen molar-refractivity contribution >= 4 is 34.5 Å². The van der Waals surface area contributed by atoms with Gasteiger partial charge in [0.05, 0.1) is 19.2 Å². The zero-order valence-corrected chi connectivity index (χ0v) is 17.8. The van der Waals surface area contributed by atoms with Gasteiger partial charge in [0, 0.05) is 5.56 Å². The van der Waals surface area contributed by atoms with Gasteiger partial charge in [-0.25, -0.2) is 5.43 Å². The molecule has 0 atom stereocenters. The van der Waals surface area contributed by atoms with E-state index < -0.39 is 0 Å². The first-order chi connectivity index (χ1) is 14.9. The molecule has 0 radical (unpaired) electrons. The lowest BCUT2D eigenvalue weighted by Gasteiger charge is -2.05. The van der Waals surface area contributed by atoms with Crippen molar-refractivity contribution in [1.82, 2.24) is 15.6 Å². The Kier molecular flexibility index (Phi) is 7.28. The number of aromatic nitrogens is 2. The van der Waals surface area contributed by atoms with Crippen LogP contribution in [0.4, 0.5) is 5.13 Å². The number of nitrogens with one attached hydrogen (secondary N) is 2. The Morgan fingerprint density at radius 1 is 1.19 bits per heavy atom. The molecule has 3 aromatic rings. The number of phenols is 1. The number of hydrogen-bond acceptors (Lipinski definition) is 8. The van der Waals surface area contributed by atoms with E-state index in [1.165, 1.54) is 12.3 Å². The van der Waals surface area contributed by atoms with Gasteiger partial charge in [0.2, 0.25) is 11.0 Å². The average Bonchev–Trinajstić information content (AvgIpc) is 3.17. The van der Waals surface area contributed by atoms with Gasteiger partial charge in [0.25, 0.3) is 5.91 Å². The molecular weight excluding hydrogens is 418 g/mol. The molecule has 1 heterocycles. The van der Waals surface area contributed by atoms with Gasteiger partial charge >= 0.3 is 0 Å². The minimum Gasteiger partial charge on any atom is -0.504 e. The number of ether oxygens (including phenoxy) is 1. The maximum absolute atomic E-state index is 12.2. The van der Waals surface area contributed by atoms with Crippen LogP contribution in [0.5, 0.6) is 11.5 Å². The molecule has 2 aromatic carbocycles. The number of amides is 2. The van der Waals surface area contributed by atoms with Gasteiger partial charge in [0.1, 0.15) is 5.01 Å². The molecule has 3 N–H and O–H groups in total. The van der Waals surface area contributed by atoms with Crippen molar-refractivity contribution in [2.24, 2.45) is 5.10 Å². The van der Waals surface area contributed by atoms with E-state index in [0.29, 0.717) is 33.6 Å². The van der Waals surface area contributed by atoms with Gasteiger partial charge in [-0.2, -0.15) is 5.10 Å². The second kappa shape index (κ2) is 10.3. The van der Waals surface area contributed by atoms with Crippen molar-refractivity contribution < 1.29 is 19.4 Å². The lowest BCUT2D eigenvalue weighted by Crippen LogP contribution is -2.19. The summed E-state index contributed by atoms with van der Waals surface area (Å²) in [5, 5.41) is 24.9. The molecule has 0 aliphatic heterocycles. The lowest BCUT2D eigenvalue weighted by atomic mass is 10.1. The van der Waals surface area contributed by atoms with E-state index in [1.54, 1.807) is 24.3 Å². The molecule has 31 heavy (non-hydrogen) atoms. The van der Waals surface area contributed by atoms with Gasteiger partial charge in [-0.15, -0.1) is 10.2 Å². The minimum absolute atomic E-state index is 0.00815. The number of phenolic OH excluding ortho intramolecular Hbond substituents is 1. The van der Waals surface area contributed by atoms with Gasteiger partial charge in [-0.3, -0.25) is 14.9 Å². The largest absolute Gasteiger partial charge is 0.504 e. The summed E-state index contributed by atoms with van der Waals surface area (Å²) in [6.45, 7) is 4.21. The summed E-state index contributed by atoms with van der Waals surface area (Å²) in [6, 6.07) is 11.9. The van der Waals surface area contributed by atoms with E-state index in [9.17, 15) is 14.7 Å². The highest BCUT2D eigenvalue weighted by molar-refractivity contribution is 7.15. The van der Waals surface area contributed by atoms with Crippen molar-refractivity contribution in [3.63, 3.8) is 0 Å². The summed E-state index contributed by atoms with van der Waals surface area (Å²) in [7, 11) is 0. The molecule has 0 fully saturated rings. The summed E-state index contributed by atoms with van der Waals surface area (Å²) in [5.41, 5.74) is 4.55. The number of aromatic hydroxyl groups is 1. The van der Waals surface area contributed by atoms with E-state index in [1.807, 2.05) is 26.0 Å². The highest BCUT2D eigenvalue weighted by Crippen LogP contribution is 2.26. The van der Waals surface area contributed by atoms with Gasteiger partial charge in [-0.1, -0.05) is 29.0 Å². The van der Waals surface area contributed by atoms with Crippen LogP contribution in [0.3, 0.4) is 0 Å². The monoisotopic (exact) mass is 439 g/mol. The first-order valence-electron chi connectivity index (χ1n) is 9.42. The quantitative estimate of drug-likeness (QED) is 0.366. The third-order valence-corrected chi connectivity index (χ3v) is 4.84. The van der Waals surface area contributed by atoms with E-state index in [4.69, 9.17) is 4.74 Å². The highest BCUT2D eigenvalue weighted by Gasteiger charge is 2.12. The maximum Gasteiger partial charge on any atom is 0.257 e. The number of nitrogens with zero attached hydrogens (tertiary/aromatic N) is 3. The van der Waals surface area contributed by atoms with E-state index in [2.05, 4.69) is 26.0 Å². The molecule has 9 nitrogen and oxygen atoms in total. The Bertz CT molecular complexity index is 1100. The fourth-order valence-corrected chi connectivity index (χ4v) is 3.23. The van der Waals surface area contributed by atoms with Crippen LogP contribution in [0.2, 0.25) is 0 Å². The smallest absolute Gasteiger partial charge is 0.257 e. The minimum atomic E-state index is -0.390. The number of anilines is 1. The molecule has 0 aliphatic carbocycles. The van der Waals surface area contributed by atoms with Crippen LogP contribution < -0.4 is 15.5 Å². The van der Waals surface area contributed by atoms with E-state index in [0.717, 1.165) is 16.9 Å². The second-order valence-electron chi connectivity index (χ2n) is 6.45. The standard InChI is InChI=1S/C21H21N5O4S/c1-3-30-17-9-6-14(10-16(17)27)12-22-24-18(28)11-19-25-26-21(31-19)23-20(29)15-7-4-13(2)5-8-15/h4-10,12,27H,3,11H2,1-2H3,(H,24,28)(H,23,26,29)/b22-12+. The Morgan fingerprint density at radius 2 is 1.97 bits per heavy atom. The summed E-state index contributed by atoms with van der Waals surface area (Å²) >= 11 is 1.11. The van der Waals surface area contributed by atoms with Gasteiger partial charge in [-0.05, 0) is 49.7 Å². The molecule has 0 bridgehead atoms. The SMILES string of the molecule is CCOc1ccc(/C=N/NC(=O)Cc2nnc(NC(=O)c3ccc(C)cc3)s2)cc1O. The fourth-order valence-electron chi connectivity index (χ4n) is 2.50. The lowest BCUT2D eigenvalue weighted by molar-refractivity contribution is -0.120. The number of hydrazone groups is 1. The Balaban J connectivity index is 1.50. The Hall–Kier alpha value is -3.79. The third-order valence-electron chi connectivity index (χ3n) is 4.00. The maximum atomic E-state index is 12.2. The van der Waals surface area contributed by atoms with Crippen LogP contribution in [-0.4, -0.2) is 39.9 Å². The van der Waals surface area contributed by atoms with Crippen molar-refractivity contribution in [1.29, 1.82) is 0 Å². The zero-order chi connectivity index (χ0) is 22.2. The molecule has 1 aromatic heterocycles. The molecule has 0 unspecified atom stereocenters. The van der Waals surface area contributed by atoms with Crippen LogP contribution in [-0.2, 0) is 11.2 Å². The first kappa shape index (κ1) is 21.9. The Labute approximate surface area is 182 Å². The molecule has 3 rings (SSSR count). The fraction of sp³-hybridized carbons (Fsp3) is 0.190. The van der Waals surface area contributed by atoms with Crippen molar-refractivity contribution in [3.05, 3.63) is 64.2 Å². The number of rotatable bonds is 8. The van der Waals surface area contributed by atoms with Crippen LogP contribution >= 0.6 is 11.3 Å². The van der Waals surface area contributed by atoms with Crippen molar-refractivity contribution in [2.45, 2.75) is 20.3 Å². The summed E-state index contributed by atoms with van der Waals surface area (Å²) < 4.78 is 5.25. The number of aryl methyl sites for hydroxylation is 1. The van der Waals surface area contributed by atoms with Crippen molar-refractivity contribution in [2.75, 3.05) is 11.9 Å². The molecular formula is C21H21N5O4S. The summed E-state index contributed by atoms with van der Waals surface area (Å²) in [6.07, 6.45) is 1.37. The number of carbonyl (C=O) groups is 2. The molecule has 10 heteroatoms. The summed E-state index contributed by atoms with van der Waals surface area (Å²) in [5.74, 6) is -0.314. The second-order valence-corrected chi connectivity index (χ2v) is 7.51. The molecule has 0 aliphatic rings. The van der Waals surface area contributed by atoms with Crippen LogP contribution in [0.15, 0.2) is 47.6 Å². The number of carbonyl (C=O) groups excluding carboxylic acids is 2. The summed E-state index contributed by atoms with van der Waals surface area (Å²) in [4.78, 5) is 24.3. The Morgan fingerprint density at radius 3 is 2.68 bits per heavy atom. The van der Waals surface area contributed by atoms with E-state index in [-0.39, 0.29) is 24.0 Å². The molecule has 160 valence electrons. The third kappa shape index (κ3) is 6.34. The van der Waals surface area contributed by atoms with Crippen molar-refractivity contribution in [3.8, 4) is 11.5 Å². The molecule has 2 amide bonds. The van der Waals surface area contributed by atoms with Crippen LogP contribution in [0.1, 0.15) is 33.4 Å².